The Morgan fingerprint density at radius 2 is 2.00 bits per heavy atom. The second-order valence-corrected chi connectivity index (χ2v) is 9.87. The molecule has 2 atom stereocenters. The number of imidazole rings is 1. The molecule has 5 rings (SSSR count). The van der Waals surface area contributed by atoms with Crippen LogP contribution in [-0.4, -0.2) is 44.4 Å². The van der Waals surface area contributed by atoms with E-state index in [9.17, 15) is 9.59 Å². The fourth-order valence-corrected chi connectivity index (χ4v) is 5.49. The lowest BCUT2D eigenvalue weighted by molar-refractivity contribution is -0.134. The van der Waals surface area contributed by atoms with E-state index < -0.39 is 5.54 Å². The fourth-order valence-electron chi connectivity index (χ4n) is 5.49. The molecule has 1 fully saturated rings. The van der Waals surface area contributed by atoms with Crippen molar-refractivity contribution >= 4 is 22.8 Å². The van der Waals surface area contributed by atoms with Gasteiger partial charge in [0.1, 0.15) is 5.54 Å². The molecule has 2 aliphatic carbocycles. The van der Waals surface area contributed by atoms with Crippen LogP contribution in [0.5, 0.6) is 0 Å². The van der Waals surface area contributed by atoms with Crippen LogP contribution in [0.4, 0.5) is 0 Å². The minimum Gasteiger partial charge on any atom is -0.351 e. The van der Waals surface area contributed by atoms with E-state index in [-0.39, 0.29) is 23.8 Å². The Bertz CT molecular complexity index is 1110. The molecule has 2 aromatic rings. The molecule has 2 unspecified atom stereocenters. The minimum absolute atomic E-state index is 0.0479. The highest BCUT2D eigenvalue weighted by Crippen LogP contribution is 2.33. The molecule has 2 heterocycles. The molecule has 2 amide bonds. The Kier molecular flexibility index (Phi) is 5.39. The van der Waals surface area contributed by atoms with Crippen LogP contribution in [0.15, 0.2) is 48.1 Å². The molecule has 1 N–H and O–H groups in total. The summed E-state index contributed by atoms with van der Waals surface area (Å²) in [6.07, 6.45) is 12.8. The van der Waals surface area contributed by atoms with Crippen LogP contribution in [-0.2, 0) is 11.3 Å². The standard InChI is InChI=1S/C26H32N4O2/c1-18-9-8-10-19(15-18)16-30-24(31)23-28-21-13-6-7-14-22(21)29(23)17-26(30,2)25(32)27-20-11-4-3-5-12-20/h6-10,13-14,19-20H,3-5,11-12,15-17H2,1-2H3,(H,27,32). The van der Waals surface area contributed by atoms with Gasteiger partial charge in [-0.25, -0.2) is 4.98 Å². The number of benzene rings is 1. The quantitative estimate of drug-likeness (QED) is 0.787. The van der Waals surface area contributed by atoms with Crippen LogP contribution in [0.2, 0.25) is 0 Å². The first-order valence-electron chi connectivity index (χ1n) is 11.9. The molecule has 1 aromatic carbocycles. The maximum Gasteiger partial charge on any atom is 0.290 e. The van der Waals surface area contributed by atoms with Gasteiger partial charge in [-0.05, 0) is 51.2 Å². The summed E-state index contributed by atoms with van der Waals surface area (Å²) in [5, 5.41) is 3.30. The molecule has 0 saturated heterocycles. The molecular weight excluding hydrogens is 400 g/mol. The summed E-state index contributed by atoms with van der Waals surface area (Å²) in [4.78, 5) is 34.0. The highest BCUT2D eigenvalue weighted by atomic mass is 16.2. The third-order valence-corrected chi connectivity index (χ3v) is 7.35. The molecule has 3 aliphatic rings. The predicted molar refractivity (Wildman–Crippen MR) is 125 cm³/mol. The summed E-state index contributed by atoms with van der Waals surface area (Å²) >= 11 is 0. The van der Waals surface area contributed by atoms with E-state index in [0.717, 1.165) is 43.1 Å². The van der Waals surface area contributed by atoms with E-state index in [2.05, 4.69) is 35.5 Å². The summed E-state index contributed by atoms with van der Waals surface area (Å²) < 4.78 is 1.94. The first-order valence-corrected chi connectivity index (χ1v) is 11.9. The van der Waals surface area contributed by atoms with E-state index in [1.54, 1.807) is 4.90 Å². The van der Waals surface area contributed by atoms with Gasteiger partial charge in [-0.15, -0.1) is 0 Å². The molecule has 0 spiro atoms. The molecular formula is C26H32N4O2. The van der Waals surface area contributed by atoms with Gasteiger partial charge in [0.15, 0.2) is 5.82 Å². The lowest BCUT2D eigenvalue weighted by atomic mass is 9.89. The summed E-state index contributed by atoms with van der Waals surface area (Å²) in [5.41, 5.74) is 2.03. The highest BCUT2D eigenvalue weighted by Gasteiger charge is 2.49. The summed E-state index contributed by atoms with van der Waals surface area (Å²) in [7, 11) is 0. The number of nitrogens with one attached hydrogen (secondary N) is 1. The van der Waals surface area contributed by atoms with Gasteiger partial charge in [-0.2, -0.15) is 0 Å². The van der Waals surface area contributed by atoms with Crippen molar-refractivity contribution in [3.8, 4) is 0 Å². The fraction of sp³-hybridized carbons (Fsp3) is 0.500. The Morgan fingerprint density at radius 1 is 1.22 bits per heavy atom. The van der Waals surface area contributed by atoms with Crippen molar-refractivity contribution in [2.75, 3.05) is 6.54 Å². The lowest BCUT2D eigenvalue weighted by Crippen LogP contribution is -2.65. The maximum atomic E-state index is 13.8. The minimum atomic E-state index is -0.964. The molecule has 1 aromatic heterocycles. The maximum absolute atomic E-state index is 13.8. The monoisotopic (exact) mass is 432 g/mol. The van der Waals surface area contributed by atoms with Gasteiger partial charge in [0, 0.05) is 12.6 Å². The molecule has 1 aliphatic heterocycles. The first kappa shape index (κ1) is 21.0. The largest absolute Gasteiger partial charge is 0.351 e. The number of rotatable bonds is 4. The zero-order valence-electron chi connectivity index (χ0n) is 19.0. The van der Waals surface area contributed by atoms with Crippen molar-refractivity contribution in [2.45, 2.75) is 70.5 Å². The SMILES string of the molecule is CC1=CC=CC(CN2C(=O)c3nc4ccccc4n3CC2(C)C(=O)NC2CCCCC2)C1. The van der Waals surface area contributed by atoms with Crippen molar-refractivity contribution in [1.82, 2.24) is 19.8 Å². The highest BCUT2D eigenvalue weighted by molar-refractivity contribution is 6.01. The Morgan fingerprint density at radius 3 is 2.78 bits per heavy atom. The Hall–Kier alpha value is -2.89. The first-order chi connectivity index (χ1) is 15.5. The predicted octanol–water partition coefficient (Wildman–Crippen LogP) is 4.22. The van der Waals surface area contributed by atoms with E-state index in [1.807, 2.05) is 35.8 Å². The number of para-hydroxylation sites is 2. The molecule has 6 heteroatoms. The number of amides is 2. The molecule has 0 bridgehead atoms. The van der Waals surface area contributed by atoms with E-state index in [0.29, 0.717) is 18.9 Å². The average molecular weight is 433 g/mol. The van der Waals surface area contributed by atoms with E-state index in [4.69, 9.17) is 0 Å². The van der Waals surface area contributed by atoms with Crippen LogP contribution in [0.1, 0.15) is 63.0 Å². The normalized spacial score (nSPS) is 26.2. The van der Waals surface area contributed by atoms with Crippen LogP contribution >= 0.6 is 0 Å². The van der Waals surface area contributed by atoms with E-state index >= 15 is 0 Å². The van der Waals surface area contributed by atoms with Crippen LogP contribution in [0, 0.1) is 5.92 Å². The summed E-state index contributed by atoms with van der Waals surface area (Å²) in [5.74, 6) is 0.422. The van der Waals surface area contributed by atoms with Gasteiger partial charge in [-0.1, -0.05) is 55.2 Å². The van der Waals surface area contributed by atoms with Gasteiger partial charge in [0.25, 0.3) is 5.91 Å². The van der Waals surface area contributed by atoms with E-state index in [1.165, 1.54) is 12.0 Å². The van der Waals surface area contributed by atoms with Crippen molar-refractivity contribution in [3.05, 3.63) is 53.9 Å². The third kappa shape index (κ3) is 3.65. The van der Waals surface area contributed by atoms with Gasteiger partial charge in [-0.3, -0.25) is 9.59 Å². The third-order valence-electron chi connectivity index (χ3n) is 7.35. The van der Waals surface area contributed by atoms with Crippen LogP contribution in [0.25, 0.3) is 11.0 Å². The molecule has 1 saturated carbocycles. The molecule has 32 heavy (non-hydrogen) atoms. The zero-order chi connectivity index (χ0) is 22.3. The number of carbonyl (C=O) groups is 2. The number of aromatic nitrogens is 2. The second kappa shape index (κ2) is 8.23. The number of allylic oxidation sites excluding steroid dienone is 3. The van der Waals surface area contributed by atoms with Gasteiger partial charge in [0.2, 0.25) is 5.91 Å². The van der Waals surface area contributed by atoms with Crippen molar-refractivity contribution < 1.29 is 9.59 Å². The van der Waals surface area contributed by atoms with Crippen LogP contribution in [0.3, 0.4) is 0 Å². The number of hydrogen-bond acceptors (Lipinski definition) is 3. The Balaban J connectivity index is 1.51. The number of fused-ring (bicyclic) bond motifs is 3. The lowest BCUT2D eigenvalue weighted by Gasteiger charge is -2.45. The Labute approximate surface area is 189 Å². The average Bonchev–Trinajstić information content (AvgIpc) is 3.16. The molecule has 6 nitrogen and oxygen atoms in total. The van der Waals surface area contributed by atoms with Crippen molar-refractivity contribution in [2.24, 2.45) is 5.92 Å². The van der Waals surface area contributed by atoms with Gasteiger partial charge in [0.05, 0.1) is 17.6 Å². The molecule has 168 valence electrons. The van der Waals surface area contributed by atoms with Gasteiger partial charge < -0.3 is 14.8 Å². The molecule has 0 radical (unpaired) electrons. The smallest absolute Gasteiger partial charge is 0.290 e. The van der Waals surface area contributed by atoms with Crippen molar-refractivity contribution in [1.29, 1.82) is 0 Å². The zero-order valence-corrected chi connectivity index (χ0v) is 19.0. The topological polar surface area (TPSA) is 67.2 Å². The number of nitrogens with zero attached hydrogens (tertiary/aromatic N) is 3. The second-order valence-electron chi connectivity index (χ2n) is 9.87. The number of hydrogen-bond donors (Lipinski definition) is 1. The van der Waals surface area contributed by atoms with Crippen molar-refractivity contribution in [3.63, 3.8) is 0 Å². The van der Waals surface area contributed by atoms with Crippen LogP contribution < -0.4 is 5.32 Å². The number of carbonyl (C=O) groups excluding carboxylic acids is 2. The summed E-state index contributed by atoms with van der Waals surface area (Å²) in [6, 6.07) is 7.99. The van der Waals surface area contributed by atoms with Gasteiger partial charge >= 0.3 is 0 Å². The summed E-state index contributed by atoms with van der Waals surface area (Å²) in [6.45, 7) is 4.97.